The SMILES string of the molecule is COC(=O)c1cc(OC)c(O)c(C2(C(=O)O)CCCCC2)c1. The fraction of sp³-hybridized carbons (Fsp3) is 0.500. The van der Waals surface area contributed by atoms with Crippen LogP contribution >= 0.6 is 0 Å². The van der Waals surface area contributed by atoms with Crippen LogP contribution in [-0.4, -0.2) is 36.4 Å². The largest absolute Gasteiger partial charge is 0.504 e. The van der Waals surface area contributed by atoms with Crippen molar-refractivity contribution in [3.8, 4) is 11.5 Å². The van der Waals surface area contributed by atoms with E-state index in [1.165, 1.54) is 26.4 Å². The maximum Gasteiger partial charge on any atom is 0.337 e. The van der Waals surface area contributed by atoms with Gasteiger partial charge in [-0.15, -0.1) is 0 Å². The van der Waals surface area contributed by atoms with E-state index in [4.69, 9.17) is 4.74 Å². The van der Waals surface area contributed by atoms with Gasteiger partial charge < -0.3 is 19.7 Å². The molecule has 6 heteroatoms. The van der Waals surface area contributed by atoms with Crippen molar-refractivity contribution >= 4 is 11.9 Å². The average Bonchev–Trinajstić information content (AvgIpc) is 2.54. The van der Waals surface area contributed by atoms with Crippen LogP contribution in [0.5, 0.6) is 11.5 Å². The minimum atomic E-state index is -1.19. The van der Waals surface area contributed by atoms with E-state index in [2.05, 4.69) is 4.74 Å². The number of phenols is 1. The number of benzene rings is 1. The van der Waals surface area contributed by atoms with Gasteiger partial charge in [0, 0.05) is 5.56 Å². The number of carbonyl (C=O) groups is 2. The van der Waals surface area contributed by atoms with Gasteiger partial charge in [0.2, 0.25) is 0 Å². The Labute approximate surface area is 128 Å². The van der Waals surface area contributed by atoms with Crippen LogP contribution in [0.4, 0.5) is 0 Å². The third kappa shape index (κ3) is 2.61. The van der Waals surface area contributed by atoms with E-state index in [0.29, 0.717) is 12.8 Å². The second-order valence-electron chi connectivity index (χ2n) is 5.51. The molecule has 0 aromatic heterocycles. The predicted molar refractivity (Wildman–Crippen MR) is 78.4 cm³/mol. The fourth-order valence-corrected chi connectivity index (χ4v) is 3.12. The topological polar surface area (TPSA) is 93.1 Å². The van der Waals surface area contributed by atoms with Crippen LogP contribution in [0.3, 0.4) is 0 Å². The highest BCUT2D eigenvalue weighted by molar-refractivity contribution is 5.92. The van der Waals surface area contributed by atoms with Crippen molar-refractivity contribution in [2.24, 2.45) is 0 Å². The fourth-order valence-electron chi connectivity index (χ4n) is 3.12. The lowest BCUT2D eigenvalue weighted by Crippen LogP contribution is -2.38. The number of esters is 1. The molecule has 6 nitrogen and oxygen atoms in total. The smallest absolute Gasteiger partial charge is 0.337 e. The molecule has 1 aliphatic carbocycles. The summed E-state index contributed by atoms with van der Waals surface area (Å²) in [7, 11) is 2.60. The summed E-state index contributed by atoms with van der Waals surface area (Å²) in [6, 6.07) is 2.76. The number of ether oxygens (including phenoxy) is 2. The molecular weight excluding hydrogens is 288 g/mol. The van der Waals surface area contributed by atoms with Gasteiger partial charge >= 0.3 is 11.9 Å². The molecule has 0 atom stereocenters. The molecule has 1 fully saturated rings. The Balaban J connectivity index is 2.65. The van der Waals surface area contributed by atoms with Gasteiger partial charge in [-0.25, -0.2) is 4.79 Å². The quantitative estimate of drug-likeness (QED) is 0.830. The van der Waals surface area contributed by atoms with Crippen LogP contribution in [0.25, 0.3) is 0 Å². The van der Waals surface area contributed by atoms with E-state index in [0.717, 1.165) is 19.3 Å². The number of carboxylic acid groups (broad SMARTS) is 1. The molecule has 120 valence electrons. The summed E-state index contributed by atoms with van der Waals surface area (Å²) in [6.07, 6.45) is 3.32. The molecule has 1 saturated carbocycles. The summed E-state index contributed by atoms with van der Waals surface area (Å²) in [5.74, 6) is -1.74. The highest BCUT2D eigenvalue weighted by atomic mass is 16.5. The monoisotopic (exact) mass is 308 g/mol. The summed E-state index contributed by atoms with van der Waals surface area (Å²) in [5, 5.41) is 20.1. The number of hydrogen-bond acceptors (Lipinski definition) is 5. The van der Waals surface area contributed by atoms with Gasteiger partial charge in [0.1, 0.15) is 0 Å². The Hall–Kier alpha value is -2.24. The van der Waals surface area contributed by atoms with E-state index >= 15 is 0 Å². The van der Waals surface area contributed by atoms with Crippen molar-refractivity contribution in [3.63, 3.8) is 0 Å². The van der Waals surface area contributed by atoms with Crippen molar-refractivity contribution in [2.75, 3.05) is 14.2 Å². The maximum atomic E-state index is 11.9. The van der Waals surface area contributed by atoms with Gasteiger partial charge in [0.25, 0.3) is 0 Å². The molecule has 2 N–H and O–H groups in total. The lowest BCUT2D eigenvalue weighted by atomic mass is 9.69. The lowest BCUT2D eigenvalue weighted by molar-refractivity contribution is -0.145. The zero-order chi connectivity index (χ0) is 16.3. The summed E-state index contributed by atoms with van der Waals surface area (Å²) >= 11 is 0. The number of aromatic hydroxyl groups is 1. The molecule has 0 bridgehead atoms. The molecule has 0 amide bonds. The number of rotatable bonds is 4. The summed E-state index contributed by atoms with van der Waals surface area (Å²) in [6.45, 7) is 0. The predicted octanol–water partition coefficient (Wildman–Crippen LogP) is 2.47. The van der Waals surface area contributed by atoms with E-state index in [1.54, 1.807) is 0 Å². The number of hydrogen-bond donors (Lipinski definition) is 2. The Kier molecular flexibility index (Phi) is 4.59. The Morgan fingerprint density at radius 2 is 1.77 bits per heavy atom. The Morgan fingerprint density at radius 1 is 1.14 bits per heavy atom. The third-order valence-electron chi connectivity index (χ3n) is 4.35. The van der Waals surface area contributed by atoms with Crippen molar-refractivity contribution in [3.05, 3.63) is 23.3 Å². The molecule has 0 heterocycles. The van der Waals surface area contributed by atoms with Crippen molar-refractivity contribution in [1.82, 2.24) is 0 Å². The van der Waals surface area contributed by atoms with E-state index in [-0.39, 0.29) is 22.6 Å². The second-order valence-corrected chi connectivity index (χ2v) is 5.51. The second kappa shape index (κ2) is 6.25. The molecule has 1 aromatic rings. The van der Waals surface area contributed by atoms with Crippen LogP contribution < -0.4 is 4.74 Å². The average molecular weight is 308 g/mol. The van der Waals surface area contributed by atoms with Gasteiger partial charge in [-0.3, -0.25) is 4.79 Å². The van der Waals surface area contributed by atoms with Crippen LogP contribution in [0.2, 0.25) is 0 Å². The molecule has 2 rings (SSSR count). The summed E-state index contributed by atoms with van der Waals surface area (Å²) in [4.78, 5) is 23.7. The summed E-state index contributed by atoms with van der Waals surface area (Å²) in [5.41, 5.74) is -0.808. The molecular formula is C16H20O6. The van der Waals surface area contributed by atoms with Crippen molar-refractivity contribution in [2.45, 2.75) is 37.5 Å². The maximum absolute atomic E-state index is 11.9. The molecule has 0 saturated heterocycles. The first-order valence-corrected chi connectivity index (χ1v) is 7.19. The van der Waals surface area contributed by atoms with E-state index in [9.17, 15) is 19.8 Å². The molecule has 1 aromatic carbocycles. The van der Waals surface area contributed by atoms with Gasteiger partial charge in [-0.2, -0.15) is 0 Å². The van der Waals surface area contributed by atoms with Crippen molar-refractivity contribution in [1.29, 1.82) is 0 Å². The first kappa shape index (κ1) is 16.1. The first-order chi connectivity index (χ1) is 10.5. The standard InChI is InChI=1S/C16H20O6/c1-21-12-9-10(14(18)22-2)8-11(13(12)17)16(15(19)20)6-4-3-5-7-16/h8-9,17H,3-7H2,1-2H3,(H,19,20). The number of phenolic OH excluding ortho intramolecular Hbond substituents is 1. The molecule has 1 aliphatic rings. The zero-order valence-electron chi connectivity index (χ0n) is 12.7. The Bertz CT molecular complexity index is 587. The van der Waals surface area contributed by atoms with Crippen LogP contribution in [-0.2, 0) is 14.9 Å². The highest BCUT2D eigenvalue weighted by Crippen LogP contribution is 2.46. The number of aliphatic carboxylic acids is 1. The molecule has 22 heavy (non-hydrogen) atoms. The molecule has 0 spiro atoms. The number of carbonyl (C=O) groups excluding carboxylic acids is 1. The minimum Gasteiger partial charge on any atom is -0.504 e. The molecule has 0 radical (unpaired) electrons. The number of methoxy groups -OCH3 is 2. The zero-order valence-corrected chi connectivity index (χ0v) is 12.7. The Morgan fingerprint density at radius 3 is 2.27 bits per heavy atom. The minimum absolute atomic E-state index is 0.0732. The van der Waals surface area contributed by atoms with Gasteiger partial charge in [0.05, 0.1) is 25.2 Å². The van der Waals surface area contributed by atoms with Crippen LogP contribution in [0.1, 0.15) is 48.0 Å². The van der Waals surface area contributed by atoms with E-state index in [1.807, 2.05) is 0 Å². The summed E-state index contributed by atoms with van der Waals surface area (Å²) < 4.78 is 9.77. The van der Waals surface area contributed by atoms with E-state index < -0.39 is 17.4 Å². The van der Waals surface area contributed by atoms with Crippen molar-refractivity contribution < 1.29 is 29.3 Å². The lowest BCUT2D eigenvalue weighted by Gasteiger charge is -2.34. The molecule has 0 aliphatic heterocycles. The van der Waals surface area contributed by atoms with Crippen LogP contribution in [0.15, 0.2) is 12.1 Å². The third-order valence-corrected chi connectivity index (χ3v) is 4.35. The highest BCUT2D eigenvalue weighted by Gasteiger charge is 2.44. The van der Waals surface area contributed by atoms with Gasteiger partial charge in [-0.1, -0.05) is 19.3 Å². The van der Waals surface area contributed by atoms with Gasteiger partial charge in [-0.05, 0) is 25.0 Å². The van der Waals surface area contributed by atoms with Crippen LogP contribution in [0, 0.1) is 0 Å². The molecule has 0 unspecified atom stereocenters. The first-order valence-electron chi connectivity index (χ1n) is 7.19. The van der Waals surface area contributed by atoms with Gasteiger partial charge in [0.15, 0.2) is 11.5 Å². The normalized spacial score (nSPS) is 16.8. The number of carboxylic acids is 1.